The second kappa shape index (κ2) is 5.17. The summed E-state index contributed by atoms with van der Waals surface area (Å²) in [4.78, 5) is 30.4. The van der Waals surface area contributed by atoms with Gasteiger partial charge in [-0.2, -0.15) is 0 Å². The predicted molar refractivity (Wildman–Crippen MR) is 77.8 cm³/mol. The van der Waals surface area contributed by atoms with Gasteiger partial charge in [-0.25, -0.2) is 10.8 Å². The number of nitrogen functional groups attached to an aromatic ring is 1. The molecule has 0 spiro atoms. The summed E-state index contributed by atoms with van der Waals surface area (Å²) in [5, 5.41) is 11.2. The fourth-order valence-corrected chi connectivity index (χ4v) is 2.45. The molecule has 1 aromatic heterocycles. The first-order valence-electron chi connectivity index (χ1n) is 6.44. The van der Waals surface area contributed by atoms with Gasteiger partial charge >= 0.3 is 5.69 Å². The zero-order chi connectivity index (χ0) is 15.8. The number of nitrogens with one attached hydrogen (secondary N) is 1. The molecule has 0 radical (unpaired) electrons. The minimum atomic E-state index is -0.919. The molecule has 1 fully saturated rings. The van der Waals surface area contributed by atoms with Crippen molar-refractivity contribution in [2.24, 2.45) is 5.84 Å². The smallest absolute Gasteiger partial charge is 0.311 e. The Kier molecular flexibility index (Phi) is 3.69. The van der Waals surface area contributed by atoms with E-state index in [0.29, 0.717) is 18.9 Å². The number of rotatable bonds is 3. The number of hydrazine groups is 1. The first kappa shape index (κ1) is 15.0. The predicted octanol–water partition coefficient (Wildman–Crippen LogP) is 0.332. The summed E-state index contributed by atoms with van der Waals surface area (Å²) in [7, 11) is 1.71. The van der Waals surface area contributed by atoms with Gasteiger partial charge < -0.3 is 15.2 Å². The van der Waals surface area contributed by atoms with E-state index in [4.69, 9.17) is 5.84 Å². The molecule has 114 valence electrons. The Morgan fingerprint density at radius 3 is 2.67 bits per heavy atom. The van der Waals surface area contributed by atoms with Gasteiger partial charge in [-0.1, -0.05) is 0 Å². The molecule has 1 aliphatic heterocycles. The zero-order valence-corrected chi connectivity index (χ0v) is 12.2. The molecule has 0 aliphatic carbocycles. The Bertz CT molecular complexity index is 588. The average molecular weight is 294 g/mol. The number of nitrogens with zero attached hydrogens (tertiary/aromatic N) is 4. The molecule has 0 aromatic carbocycles. The number of hydrogen-bond acceptors (Lipinski definition) is 7. The largest absolute Gasteiger partial charge is 0.342 e. The van der Waals surface area contributed by atoms with Crippen molar-refractivity contribution in [1.82, 2.24) is 9.88 Å². The Hall–Kier alpha value is -2.42. The molecule has 0 bridgehead atoms. The number of carbonyl (C=O) groups is 1. The van der Waals surface area contributed by atoms with Crippen LogP contribution in [0.3, 0.4) is 0 Å². The lowest BCUT2D eigenvalue weighted by Crippen LogP contribution is -2.62. The van der Waals surface area contributed by atoms with Crippen LogP contribution in [-0.2, 0) is 4.79 Å². The van der Waals surface area contributed by atoms with Gasteiger partial charge in [0.25, 0.3) is 0 Å². The first-order valence-corrected chi connectivity index (χ1v) is 6.44. The molecule has 3 N–H and O–H groups in total. The minimum absolute atomic E-state index is 0.115. The van der Waals surface area contributed by atoms with E-state index in [9.17, 15) is 14.9 Å². The summed E-state index contributed by atoms with van der Waals surface area (Å²) in [6.07, 6.45) is 0. The van der Waals surface area contributed by atoms with Gasteiger partial charge in [-0.15, -0.1) is 0 Å². The van der Waals surface area contributed by atoms with E-state index in [1.807, 2.05) is 0 Å². The SMILES string of the molecule is CN1CCN(c2nc(NN)ccc2[N+](=O)[O-])C(C)(C)C1=O. The number of carbonyl (C=O) groups excluding carboxylic acids is 1. The molecule has 1 amide bonds. The van der Waals surface area contributed by atoms with Crippen molar-refractivity contribution in [3.05, 3.63) is 22.2 Å². The number of hydrogen-bond donors (Lipinski definition) is 2. The highest BCUT2D eigenvalue weighted by atomic mass is 16.6. The molecule has 21 heavy (non-hydrogen) atoms. The lowest BCUT2D eigenvalue weighted by atomic mass is 9.97. The number of nitro groups is 1. The van der Waals surface area contributed by atoms with E-state index in [0.717, 1.165) is 0 Å². The van der Waals surface area contributed by atoms with Gasteiger partial charge in [0.1, 0.15) is 11.4 Å². The van der Waals surface area contributed by atoms with E-state index in [1.165, 1.54) is 12.1 Å². The van der Waals surface area contributed by atoms with Crippen molar-refractivity contribution in [1.29, 1.82) is 0 Å². The molecule has 1 aromatic rings. The highest BCUT2D eigenvalue weighted by Crippen LogP contribution is 2.34. The maximum atomic E-state index is 12.3. The third-order valence-electron chi connectivity index (χ3n) is 3.66. The van der Waals surface area contributed by atoms with Crippen LogP contribution in [0.2, 0.25) is 0 Å². The molecule has 0 unspecified atom stereocenters. The topological polar surface area (TPSA) is 118 Å². The molecular formula is C12H18N6O3. The van der Waals surface area contributed by atoms with E-state index >= 15 is 0 Å². The average Bonchev–Trinajstić information content (AvgIpc) is 2.44. The van der Waals surface area contributed by atoms with E-state index in [1.54, 1.807) is 30.7 Å². The number of amides is 1. The fourth-order valence-electron chi connectivity index (χ4n) is 2.45. The summed E-state index contributed by atoms with van der Waals surface area (Å²) in [6.45, 7) is 4.37. The van der Waals surface area contributed by atoms with Crippen molar-refractivity contribution in [3.63, 3.8) is 0 Å². The van der Waals surface area contributed by atoms with Crippen LogP contribution >= 0.6 is 0 Å². The zero-order valence-electron chi connectivity index (χ0n) is 12.2. The molecule has 2 rings (SSSR count). The lowest BCUT2D eigenvalue weighted by Gasteiger charge is -2.45. The number of nitrogens with two attached hydrogens (primary N) is 1. The Morgan fingerprint density at radius 1 is 1.43 bits per heavy atom. The quantitative estimate of drug-likeness (QED) is 0.468. The summed E-state index contributed by atoms with van der Waals surface area (Å²) < 4.78 is 0. The van der Waals surface area contributed by atoms with Crippen LogP contribution in [0.15, 0.2) is 12.1 Å². The Morgan fingerprint density at radius 2 is 2.10 bits per heavy atom. The van der Waals surface area contributed by atoms with Gasteiger partial charge in [0, 0.05) is 26.2 Å². The monoisotopic (exact) mass is 294 g/mol. The van der Waals surface area contributed by atoms with Crippen molar-refractivity contribution in [2.45, 2.75) is 19.4 Å². The van der Waals surface area contributed by atoms with Gasteiger partial charge in [-0.05, 0) is 19.9 Å². The van der Waals surface area contributed by atoms with Gasteiger partial charge in [0.15, 0.2) is 0 Å². The third kappa shape index (κ3) is 2.47. The van der Waals surface area contributed by atoms with Gasteiger partial charge in [0.05, 0.1) is 4.92 Å². The molecule has 1 aliphatic rings. The normalized spacial score (nSPS) is 17.8. The van der Waals surface area contributed by atoms with Crippen LogP contribution in [0.4, 0.5) is 17.3 Å². The molecule has 2 heterocycles. The summed E-state index contributed by atoms with van der Waals surface area (Å²) in [5.41, 5.74) is 1.29. The van der Waals surface area contributed by atoms with E-state index < -0.39 is 10.5 Å². The van der Waals surface area contributed by atoms with Crippen LogP contribution in [0, 0.1) is 10.1 Å². The van der Waals surface area contributed by atoms with E-state index in [2.05, 4.69) is 10.4 Å². The Labute approximate surface area is 121 Å². The van der Waals surface area contributed by atoms with Crippen LogP contribution in [0.1, 0.15) is 13.8 Å². The van der Waals surface area contributed by atoms with Crippen molar-refractivity contribution < 1.29 is 9.72 Å². The summed E-state index contributed by atoms with van der Waals surface area (Å²) >= 11 is 0. The highest BCUT2D eigenvalue weighted by molar-refractivity contribution is 5.90. The molecule has 0 saturated carbocycles. The van der Waals surface area contributed by atoms with Crippen LogP contribution < -0.4 is 16.2 Å². The third-order valence-corrected chi connectivity index (χ3v) is 3.66. The number of aromatic nitrogens is 1. The molecule has 1 saturated heterocycles. The summed E-state index contributed by atoms with van der Waals surface area (Å²) in [5.74, 6) is 5.64. The standard InChI is InChI=1S/C12H18N6O3/c1-12(2)11(19)16(3)6-7-17(12)10-8(18(20)21)4-5-9(14-10)15-13/h4-5H,6-7,13H2,1-3H3,(H,14,15). The maximum Gasteiger partial charge on any atom is 0.311 e. The van der Waals surface area contributed by atoms with Crippen LogP contribution in [0.5, 0.6) is 0 Å². The van der Waals surface area contributed by atoms with Crippen LogP contribution in [-0.4, -0.2) is 46.4 Å². The first-order chi connectivity index (χ1) is 9.78. The molecule has 9 heteroatoms. The molecule has 0 atom stereocenters. The second-order valence-electron chi connectivity index (χ2n) is 5.38. The van der Waals surface area contributed by atoms with Gasteiger partial charge in [-0.3, -0.25) is 14.9 Å². The lowest BCUT2D eigenvalue weighted by molar-refractivity contribution is -0.384. The minimum Gasteiger partial charge on any atom is -0.342 e. The second-order valence-corrected chi connectivity index (χ2v) is 5.38. The van der Waals surface area contributed by atoms with Crippen molar-refractivity contribution in [2.75, 3.05) is 30.5 Å². The van der Waals surface area contributed by atoms with Crippen molar-refractivity contribution >= 4 is 23.2 Å². The van der Waals surface area contributed by atoms with Crippen LogP contribution in [0.25, 0.3) is 0 Å². The summed E-state index contributed by atoms with van der Waals surface area (Å²) in [6, 6.07) is 2.75. The van der Waals surface area contributed by atoms with E-state index in [-0.39, 0.29) is 17.4 Å². The van der Waals surface area contributed by atoms with Crippen molar-refractivity contribution in [3.8, 4) is 0 Å². The number of piperazine rings is 1. The molecular weight excluding hydrogens is 276 g/mol. The fraction of sp³-hybridized carbons (Fsp3) is 0.500. The highest BCUT2D eigenvalue weighted by Gasteiger charge is 2.43. The number of pyridine rings is 1. The number of anilines is 2. The number of likely N-dealkylation sites (N-methyl/N-ethyl adjacent to an activating group) is 1. The van der Waals surface area contributed by atoms with Gasteiger partial charge in [0.2, 0.25) is 11.7 Å². The Balaban J connectivity index is 2.54. The molecule has 9 nitrogen and oxygen atoms in total. The maximum absolute atomic E-state index is 12.3.